The summed E-state index contributed by atoms with van der Waals surface area (Å²) in [6, 6.07) is 13.5. The first-order chi connectivity index (χ1) is 11.6. The minimum atomic E-state index is -0.874. The summed E-state index contributed by atoms with van der Waals surface area (Å²) in [5.74, 6) is 0.745. The molecule has 2 heterocycles. The molecule has 3 rings (SSSR count). The lowest BCUT2D eigenvalue weighted by Gasteiger charge is -2.37. The van der Waals surface area contributed by atoms with Crippen LogP contribution in [-0.2, 0) is 10.3 Å². The average molecular weight is 328 g/mol. The maximum atomic E-state index is 10.8. The summed E-state index contributed by atoms with van der Waals surface area (Å²) in [5, 5.41) is 21.9. The van der Waals surface area contributed by atoms with Gasteiger partial charge in [-0.25, -0.2) is 0 Å². The van der Waals surface area contributed by atoms with Gasteiger partial charge >= 0.3 is 0 Å². The maximum absolute atomic E-state index is 10.8. The molecule has 1 aromatic heterocycles. The van der Waals surface area contributed by atoms with E-state index in [0.29, 0.717) is 19.7 Å². The number of nitrogens with one attached hydrogen (secondary N) is 1. The summed E-state index contributed by atoms with van der Waals surface area (Å²) in [6.45, 7) is 5.38. The van der Waals surface area contributed by atoms with Gasteiger partial charge in [0.15, 0.2) is 0 Å². The number of hydrogen-bond donors (Lipinski definition) is 2. The van der Waals surface area contributed by atoms with Gasteiger partial charge in [0.05, 0.1) is 18.3 Å². The number of hydrogen-bond acceptors (Lipinski definition) is 6. The van der Waals surface area contributed by atoms with Crippen LogP contribution in [0.25, 0.3) is 0 Å². The number of aliphatic hydroxyl groups is 1. The topological polar surface area (TPSA) is 70.5 Å². The molecule has 0 unspecified atom stereocenters. The molecule has 128 valence electrons. The molecule has 2 aromatic rings. The Kier molecular flexibility index (Phi) is 5.40. The summed E-state index contributed by atoms with van der Waals surface area (Å²) in [6.07, 6.45) is 1.71. The summed E-state index contributed by atoms with van der Waals surface area (Å²) in [4.78, 5) is 2.25. The van der Waals surface area contributed by atoms with Crippen molar-refractivity contribution in [2.24, 2.45) is 0 Å². The highest BCUT2D eigenvalue weighted by Gasteiger charge is 2.29. The largest absolute Gasteiger partial charge is 0.384 e. The lowest BCUT2D eigenvalue weighted by molar-refractivity contribution is -0.0565. The van der Waals surface area contributed by atoms with E-state index >= 15 is 0 Å². The SMILES string of the molecule is C[C@@](O)(CN1CCO[C@H](CNc2cccnn2)C1)c1ccccc1. The fourth-order valence-electron chi connectivity index (χ4n) is 2.99. The predicted octanol–water partition coefficient (Wildman–Crippen LogP) is 1.50. The van der Waals surface area contributed by atoms with E-state index in [0.717, 1.165) is 24.5 Å². The van der Waals surface area contributed by atoms with E-state index in [9.17, 15) is 5.11 Å². The van der Waals surface area contributed by atoms with Gasteiger partial charge in [0.25, 0.3) is 0 Å². The molecule has 1 fully saturated rings. The van der Waals surface area contributed by atoms with Gasteiger partial charge in [-0.1, -0.05) is 30.3 Å². The van der Waals surface area contributed by atoms with Gasteiger partial charge in [-0.2, -0.15) is 5.10 Å². The smallest absolute Gasteiger partial charge is 0.148 e. The molecule has 0 radical (unpaired) electrons. The van der Waals surface area contributed by atoms with Gasteiger partial charge in [0.1, 0.15) is 5.82 Å². The molecule has 6 nitrogen and oxygen atoms in total. The van der Waals surface area contributed by atoms with Gasteiger partial charge in [-0.3, -0.25) is 4.90 Å². The fraction of sp³-hybridized carbons (Fsp3) is 0.444. The summed E-state index contributed by atoms with van der Waals surface area (Å²) in [7, 11) is 0. The molecule has 6 heteroatoms. The van der Waals surface area contributed by atoms with E-state index in [4.69, 9.17) is 4.74 Å². The number of rotatable bonds is 6. The Labute approximate surface area is 142 Å². The molecule has 0 bridgehead atoms. The number of benzene rings is 1. The van der Waals surface area contributed by atoms with Crippen LogP contribution in [0, 0.1) is 0 Å². The predicted molar refractivity (Wildman–Crippen MR) is 92.7 cm³/mol. The first-order valence-electron chi connectivity index (χ1n) is 8.27. The highest BCUT2D eigenvalue weighted by Crippen LogP contribution is 2.22. The van der Waals surface area contributed by atoms with Crippen molar-refractivity contribution in [3.05, 3.63) is 54.2 Å². The zero-order valence-corrected chi connectivity index (χ0v) is 13.9. The van der Waals surface area contributed by atoms with Crippen LogP contribution in [0.3, 0.4) is 0 Å². The summed E-state index contributed by atoms with van der Waals surface area (Å²) < 4.78 is 5.82. The number of morpholine rings is 1. The molecule has 1 aromatic carbocycles. The Balaban J connectivity index is 1.53. The van der Waals surface area contributed by atoms with Crippen molar-refractivity contribution in [1.82, 2.24) is 15.1 Å². The number of nitrogens with zero attached hydrogens (tertiary/aromatic N) is 3. The van der Waals surface area contributed by atoms with Crippen LogP contribution in [0.1, 0.15) is 12.5 Å². The second-order valence-electron chi connectivity index (χ2n) is 6.36. The van der Waals surface area contributed by atoms with Crippen LogP contribution in [0.15, 0.2) is 48.7 Å². The van der Waals surface area contributed by atoms with E-state index in [1.165, 1.54) is 0 Å². The molecule has 0 saturated carbocycles. The molecule has 2 N–H and O–H groups in total. The van der Waals surface area contributed by atoms with E-state index in [-0.39, 0.29) is 6.10 Å². The molecule has 1 aliphatic heterocycles. The lowest BCUT2D eigenvalue weighted by atomic mass is 9.95. The molecule has 1 aliphatic rings. The van der Waals surface area contributed by atoms with Crippen LogP contribution in [-0.4, -0.2) is 59.1 Å². The fourth-order valence-corrected chi connectivity index (χ4v) is 2.99. The Hall–Kier alpha value is -2.02. The van der Waals surface area contributed by atoms with Gasteiger partial charge in [0, 0.05) is 32.4 Å². The molecular formula is C18H24N4O2. The molecule has 0 spiro atoms. The van der Waals surface area contributed by atoms with Crippen LogP contribution in [0.5, 0.6) is 0 Å². The monoisotopic (exact) mass is 328 g/mol. The van der Waals surface area contributed by atoms with E-state index in [2.05, 4.69) is 20.4 Å². The number of ether oxygens (including phenoxy) is 1. The van der Waals surface area contributed by atoms with Crippen LogP contribution >= 0.6 is 0 Å². The molecular weight excluding hydrogens is 304 g/mol. The number of β-amino-alcohol motifs (C(OH)–C–C–N with tert-alkyl or cyclic N) is 1. The van der Waals surface area contributed by atoms with Crippen LogP contribution < -0.4 is 5.32 Å². The molecule has 1 saturated heterocycles. The Morgan fingerprint density at radius 2 is 2.12 bits per heavy atom. The van der Waals surface area contributed by atoms with Crippen LogP contribution in [0.2, 0.25) is 0 Å². The van der Waals surface area contributed by atoms with E-state index < -0.39 is 5.60 Å². The third kappa shape index (κ3) is 4.50. The molecule has 2 atom stereocenters. The molecule has 24 heavy (non-hydrogen) atoms. The third-order valence-electron chi connectivity index (χ3n) is 4.23. The second-order valence-corrected chi connectivity index (χ2v) is 6.36. The lowest BCUT2D eigenvalue weighted by Crippen LogP contribution is -2.49. The zero-order chi connectivity index (χ0) is 16.8. The van der Waals surface area contributed by atoms with Crippen molar-refractivity contribution in [2.45, 2.75) is 18.6 Å². The van der Waals surface area contributed by atoms with Crippen molar-refractivity contribution in [2.75, 3.05) is 38.1 Å². The van der Waals surface area contributed by atoms with Gasteiger partial charge in [0.2, 0.25) is 0 Å². The number of aromatic nitrogens is 2. The minimum absolute atomic E-state index is 0.0623. The Bertz CT molecular complexity index is 621. The van der Waals surface area contributed by atoms with Gasteiger partial charge < -0.3 is 15.2 Å². The van der Waals surface area contributed by atoms with Crippen molar-refractivity contribution < 1.29 is 9.84 Å². The normalized spacial score (nSPS) is 21.2. The van der Waals surface area contributed by atoms with Crippen molar-refractivity contribution in [3.63, 3.8) is 0 Å². The van der Waals surface area contributed by atoms with Crippen molar-refractivity contribution >= 4 is 5.82 Å². The second kappa shape index (κ2) is 7.70. The van der Waals surface area contributed by atoms with E-state index in [1.807, 2.05) is 49.4 Å². The molecule has 0 aliphatic carbocycles. The highest BCUT2D eigenvalue weighted by molar-refractivity contribution is 5.31. The Morgan fingerprint density at radius 1 is 1.29 bits per heavy atom. The zero-order valence-electron chi connectivity index (χ0n) is 13.9. The third-order valence-corrected chi connectivity index (χ3v) is 4.23. The average Bonchev–Trinajstić information content (AvgIpc) is 2.62. The van der Waals surface area contributed by atoms with E-state index in [1.54, 1.807) is 6.20 Å². The number of anilines is 1. The standard InChI is InChI=1S/C18H24N4O2/c1-18(23,15-6-3-2-4-7-15)14-22-10-11-24-16(13-22)12-19-17-8-5-9-20-21-17/h2-9,16,23H,10-14H2,1H3,(H,19,21)/t16-,18-/m1/s1. The summed E-state index contributed by atoms with van der Waals surface area (Å²) >= 11 is 0. The highest BCUT2D eigenvalue weighted by atomic mass is 16.5. The molecule has 0 amide bonds. The van der Waals surface area contributed by atoms with Gasteiger partial charge in [-0.15, -0.1) is 5.10 Å². The Morgan fingerprint density at radius 3 is 2.88 bits per heavy atom. The van der Waals surface area contributed by atoms with Crippen molar-refractivity contribution in [1.29, 1.82) is 0 Å². The first kappa shape index (κ1) is 16.8. The van der Waals surface area contributed by atoms with Gasteiger partial charge in [-0.05, 0) is 24.6 Å². The first-order valence-corrected chi connectivity index (χ1v) is 8.27. The van der Waals surface area contributed by atoms with Crippen molar-refractivity contribution in [3.8, 4) is 0 Å². The maximum Gasteiger partial charge on any atom is 0.148 e. The van der Waals surface area contributed by atoms with Crippen LogP contribution in [0.4, 0.5) is 5.82 Å². The quantitative estimate of drug-likeness (QED) is 0.837. The summed E-state index contributed by atoms with van der Waals surface area (Å²) in [5.41, 5.74) is 0.0623. The minimum Gasteiger partial charge on any atom is -0.384 e.